The minimum Gasteiger partial charge on any atom is -0.319 e. The molecule has 1 aromatic heterocycles. The zero-order valence-electron chi connectivity index (χ0n) is 12.9. The van der Waals surface area contributed by atoms with Gasteiger partial charge >= 0.3 is 0 Å². The number of carbonyl (C=O) groups is 1. The molecule has 2 aromatic rings. The van der Waals surface area contributed by atoms with E-state index in [0.717, 1.165) is 11.4 Å². The van der Waals surface area contributed by atoms with Gasteiger partial charge in [0.15, 0.2) is 0 Å². The van der Waals surface area contributed by atoms with Gasteiger partial charge in [0.1, 0.15) is 5.01 Å². The van der Waals surface area contributed by atoms with Crippen molar-refractivity contribution in [1.82, 2.24) is 15.5 Å². The minimum atomic E-state index is -0.0977. The van der Waals surface area contributed by atoms with Gasteiger partial charge in [-0.05, 0) is 19.5 Å². The molecule has 0 saturated carbocycles. The van der Waals surface area contributed by atoms with Crippen LogP contribution in [0, 0.1) is 12.8 Å². The molecule has 1 amide bonds. The molecule has 0 bridgehead atoms. The van der Waals surface area contributed by atoms with Gasteiger partial charge in [-0.15, -0.1) is 22.6 Å². The third-order valence-electron chi connectivity index (χ3n) is 3.13. The van der Waals surface area contributed by atoms with Crippen molar-refractivity contribution in [1.29, 1.82) is 0 Å². The van der Waals surface area contributed by atoms with Gasteiger partial charge in [0.05, 0.1) is 0 Å². The molecular formula is C15H21ClN4OS. The highest BCUT2D eigenvalue weighted by atomic mass is 35.5. The Morgan fingerprint density at radius 3 is 2.59 bits per heavy atom. The fraction of sp³-hybridized carbons (Fsp3) is 0.400. The summed E-state index contributed by atoms with van der Waals surface area (Å²) in [7, 11) is 1.83. The van der Waals surface area contributed by atoms with E-state index in [-0.39, 0.29) is 24.2 Å². The fourth-order valence-corrected chi connectivity index (χ4v) is 2.66. The number of nitrogens with zero attached hydrogens (tertiary/aromatic N) is 2. The Morgan fingerprint density at radius 2 is 1.95 bits per heavy atom. The summed E-state index contributed by atoms with van der Waals surface area (Å²) in [5, 5.41) is 15.4. The van der Waals surface area contributed by atoms with Gasteiger partial charge in [-0.3, -0.25) is 4.79 Å². The number of anilines is 1. The van der Waals surface area contributed by atoms with Crippen LogP contribution in [0.4, 0.5) is 5.13 Å². The lowest BCUT2D eigenvalue weighted by molar-refractivity contribution is -0.119. The van der Waals surface area contributed by atoms with Crippen LogP contribution in [0.25, 0.3) is 0 Å². The molecule has 0 radical (unpaired) electrons. The first kappa shape index (κ1) is 18.5. The Morgan fingerprint density at radius 1 is 1.27 bits per heavy atom. The maximum absolute atomic E-state index is 11.9. The summed E-state index contributed by atoms with van der Waals surface area (Å²) in [6.45, 7) is 4.58. The van der Waals surface area contributed by atoms with Crippen molar-refractivity contribution in [2.45, 2.75) is 20.3 Å². The Kier molecular flexibility index (Phi) is 7.44. The maximum atomic E-state index is 11.9. The number of halogens is 1. The molecule has 5 nitrogen and oxygen atoms in total. The normalized spacial score (nSPS) is 11.6. The van der Waals surface area contributed by atoms with E-state index < -0.39 is 0 Å². The summed E-state index contributed by atoms with van der Waals surface area (Å²) in [5.41, 5.74) is 2.43. The van der Waals surface area contributed by atoms with Crippen molar-refractivity contribution in [2.75, 3.05) is 18.9 Å². The van der Waals surface area contributed by atoms with Crippen LogP contribution >= 0.6 is 23.7 Å². The molecular weight excluding hydrogens is 320 g/mol. The molecule has 0 fully saturated rings. The van der Waals surface area contributed by atoms with E-state index in [1.807, 2.05) is 14.0 Å². The molecule has 0 spiro atoms. The zero-order chi connectivity index (χ0) is 15.2. The van der Waals surface area contributed by atoms with Gasteiger partial charge in [0.2, 0.25) is 11.0 Å². The third kappa shape index (κ3) is 5.36. The fourth-order valence-electron chi connectivity index (χ4n) is 1.88. The number of aromatic nitrogens is 2. The molecule has 2 N–H and O–H groups in total. The molecule has 0 aliphatic rings. The number of hydrogen-bond acceptors (Lipinski definition) is 5. The molecule has 1 atom stereocenters. The van der Waals surface area contributed by atoms with Gasteiger partial charge in [0, 0.05) is 18.9 Å². The number of carbonyl (C=O) groups excluding carboxylic acids is 1. The molecule has 0 aliphatic heterocycles. The van der Waals surface area contributed by atoms with Gasteiger partial charge in [-0.2, -0.15) is 0 Å². The molecule has 0 saturated heterocycles. The lowest BCUT2D eigenvalue weighted by atomic mass is 10.1. The minimum absolute atomic E-state index is 0. The molecule has 120 valence electrons. The summed E-state index contributed by atoms with van der Waals surface area (Å²) in [5.74, 6) is -0.137. The highest BCUT2D eigenvalue weighted by Gasteiger charge is 2.14. The predicted molar refractivity (Wildman–Crippen MR) is 92.9 cm³/mol. The van der Waals surface area contributed by atoms with Crippen LogP contribution in [0.3, 0.4) is 0 Å². The molecule has 1 heterocycles. The van der Waals surface area contributed by atoms with E-state index in [0.29, 0.717) is 11.7 Å². The Hall–Kier alpha value is -1.50. The van der Waals surface area contributed by atoms with Crippen molar-refractivity contribution in [3.05, 3.63) is 40.4 Å². The van der Waals surface area contributed by atoms with Crippen molar-refractivity contribution in [3.63, 3.8) is 0 Å². The van der Waals surface area contributed by atoms with Crippen LogP contribution in [0.15, 0.2) is 24.3 Å². The third-order valence-corrected chi connectivity index (χ3v) is 3.97. The Bertz CT molecular complexity index is 600. The van der Waals surface area contributed by atoms with E-state index in [9.17, 15) is 4.79 Å². The van der Waals surface area contributed by atoms with Crippen LogP contribution in [0.1, 0.15) is 23.1 Å². The Labute approximate surface area is 141 Å². The highest BCUT2D eigenvalue weighted by Crippen LogP contribution is 2.19. The first-order chi connectivity index (χ1) is 10.1. The number of rotatable bonds is 6. The smallest absolute Gasteiger partial charge is 0.230 e. The number of hydrogen-bond donors (Lipinski definition) is 2. The van der Waals surface area contributed by atoms with E-state index in [2.05, 4.69) is 52.0 Å². The number of aryl methyl sites for hydroxylation is 1. The quantitative estimate of drug-likeness (QED) is 0.848. The largest absolute Gasteiger partial charge is 0.319 e. The number of nitrogens with one attached hydrogen (secondary N) is 2. The van der Waals surface area contributed by atoms with Crippen LogP contribution in [0.2, 0.25) is 0 Å². The van der Waals surface area contributed by atoms with Crippen LogP contribution in [-0.4, -0.2) is 29.7 Å². The first-order valence-corrected chi connectivity index (χ1v) is 7.73. The summed E-state index contributed by atoms with van der Waals surface area (Å²) >= 11 is 1.42. The SMILES string of the molecule is CNCC(C)C(=O)Nc1nnc(Cc2ccc(C)cc2)s1.Cl. The lowest BCUT2D eigenvalue weighted by Crippen LogP contribution is -2.28. The molecule has 1 aromatic carbocycles. The number of benzene rings is 1. The van der Waals surface area contributed by atoms with Gasteiger partial charge in [-0.1, -0.05) is 48.1 Å². The highest BCUT2D eigenvalue weighted by molar-refractivity contribution is 7.15. The van der Waals surface area contributed by atoms with E-state index in [1.54, 1.807) is 0 Å². The van der Waals surface area contributed by atoms with Crippen LogP contribution < -0.4 is 10.6 Å². The van der Waals surface area contributed by atoms with E-state index >= 15 is 0 Å². The lowest BCUT2D eigenvalue weighted by Gasteiger charge is -2.08. The van der Waals surface area contributed by atoms with E-state index in [1.165, 1.54) is 22.5 Å². The maximum Gasteiger partial charge on any atom is 0.230 e. The zero-order valence-corrected chi connectivity index (χ0v) is 14.6. The summed E-state index contributed by atoms with van der Waals surface area (Å²) in [4.78, 5) is 11.9. The molecule has 2 rings (SSSR count). The predicted octanol–water partition coefficient (Wildman–Crippen LogP) is 2.65. The monoisotopic (exact) mass is 340 g/mol. The second-order valence-corrected chi connectivity index (χ2v) is 6.17. The summed E-state index contributed by atoms with van der Waals surface area (Å²) < 4.78 is 0. The summed E-state index contributed by atoms with van der Waals surface area (Å²) in [6, 6.07) is 8.34. The van der Waals surface area contributed by atoms with Gasteiger partial charge < -0.3 is 10.6 Å². The standard InChI is InChI=1S/C15H20N4OS.ClH/c1-10-4-6-12(7-5-10)8-13-18-19-15(21-13)17-14(20)11(2)9-16-3;/h4-7,11,16H,8-9H2,1-3H3,(H,17,19,20);1H. The molecule has 1 unspecified atom stereocenters. The summed E-state index contributed by atoms with van der Waals surface area (Å²) in [6.07, 6.45) is 0.736. The van der Waals surface area contributed by atoms with Gasteiger partial charge in [0.25, 0.3) is 0 Å². The van der Waals surface area contributed by atoms with Crippen molar-refractivity contribution < 1.29 is 4.79 Å². The average molecular weight is 341 g/mol. The topological polar surface area (TPSA) is 66.9 Å². The second-order valence-electron chi connectivity index (χ2n) is 5.11. The van der Waals surface area contributed by atoms with Gasteiger partial charge in [-0.25, -0.2) is 0 Å². The average Bonchev–Trinajstić information content (AvgIpc) is 2.89. The molecule has 0 aliphatic carbocycles. The van der Waals surface area contributed by atoms with E-state index in [4.69, 9.17) is 0 Å². The van der Waals surface area contributed by atoms with Crippen molar-refractivity contribution >= 4 is 34.8 Å². The van der Waals surface area contributed by atoms with Crippen LogP contribution in [0.5, 0.6) is 0 Å². The number of amides is 1. The molecule has 22 heavy (non-hydrogen) atoms. The Balaban J connectivity index is 0.00000242. The van der Waals surface area contributed by atoms with Crippen molar-refractivity contribution in [2.24, 2.45) is 5.92 Å². The van der Waals surface area contributed by atoms with Crippen LogP contribution in [-0.2, 0) is 11.2 Å². The van der Waals surface area contributed by atoms with Crippen molar-refractivity contribution in [3.8, 4) is 0 Å². The first-order valence-electron chi connectivity index (χ1n) is 6.92. The second kappa shape index (κ2) is 8.82. The molecule has 7 heteroatoms.